The highest BCUT2D eigenvalue weighted by atomic mass is 16.5. The van der Waals surface area contributed by atoms with Crippen LogP contribution in [0.3, 0.4) is 0 Å². The highest BCUT2D eigenvalue weighted by molar-refractivity contribution is 5.61. The van der Waals surface area contributed by atoms with Crippen molar-refractivity contribution in [3.8, 4) is 17.2 Å². The van der Waals surface area contributed by atoms with Crippen LogP contribution in [0, 0.1) is 0 Å². The van der Waals surface area contributed by atoms with Crippen molar-refractivity contribution in [3.63, 3.8) is 0 Å². The van der Waals surface area contributed by atoms with Crippen LogP contribution in [0.1, 0.15) is 23.6 Å². The van der Waals surface area contributed by atoms with E-state index in [1.165, 1.54) is 11.1 Å². The number of benzene rings is 2. The molecule has 0 saturated carbocycles. The van der Waals surface area contributed by atoms with Gasteiger partial charge in [0.25, 0.3) is 0 Å². The van der Waals surface area contributed by atoms with Crippen LogP contribution >= 0.6 is 0 Å². The molecular formula is C17H19NO3. The minimum absolute atomic E-state index is 0.239. The fourth-order valence-electron chi connectivity index (χ4n) is 2.86. The van der Waals surface area contributed by atoms with E-state index < -0.39 is 0 Å². The first-order valence-electron chi connectivity index (χ1n) is 7.01. The summed E-state index contributed by atoms with van der Waals surface area (Å²) in [5.74, 6) is 1.87. The number of phenolic OH excluding ortho intramolecular Hbond substituents is 1. The molecular weight excluding hydrogens is 266 g/mol. The van der Waals surface area contributed by atoms with Gasteiger partial charge in [-0.05, 0) is 48.2 Å². The second kappa shape index (κ2) is 5.56. The highest BCUT2D eigenvalue weighted by Gasteiger charge is 2.23. The minimum Gasteiger partial charge on any atom is -0.508 e. The van der Waals surface area contributed by atoms with Crippen LogP contribution in [0.4, 0.5) is 5.69 Å². The fourth-order valence-corrected chi connectivity index (χ4v) is 2.86. The summed E-state index contributed by atoms with van der Waals surface area (Å²) in [5, 5.41) is 13.1. The molecule has 1 aliphatic carbocycles. The second-order valence-corrected chi connectivity index (χ2v) is 5.18. The van der Waals surface area contributed by atoms with E-state index in [0.717, 1.165) is 30.0 Å². The van der Waals surface area contributed by atoms with Crippen LogP contribution in [0.2, 0.25) is 0 Å². The Morgan fingerprint density at radius 2 is 1.95 bits per heavy atom. The van der Waals surface area contributed by atoms with Gasteiger partial charge >= 0.3 is 0 Å². The Morgan fingerprint density at radius 1 is 1.10 bits per heavy atom. The predicted octanol–water partition coefficient (Wildman–Crippen LogP) is 3.51. The number of nitrogens with one attached hydrogen (secondary N) is 1. The Morgan fingerprint density at radius 3 is 2.71 bits per heavy atom. The molecule has 3 rings (SSSR count). The number of phenols is 1. The molecule has 4 nitrogen and oxygen atoms in total. The summed E-state index contributed by atoms with van der Waals surface area (Å²) in [4.78, 5) is 0. The summed E-state index contributed by atoms with van der Waals surface area (Å²) in [6.45, 7) is 0. The number of anilines is 1. The molecule has 1 atom stereocenters. The SMILES string of the molecule is COc1ccc(NC2CCc3cc(O)ccc32)c(OC)c1. The predicted molar refractivity (Wildman–Crippen MR) is 82.3 cm³/mol. The molecule has 21 heavy (non-hydrogen) atoms. The monoisotopic (exact) mass is 285 g/mol. The maximum atomic E-state index is 9.56. The molecule has 0 fully saturated rings. The molecule has 2 aromatic rings. The number of aromatic hydroxyl groups is 1. The molecule has 1 aliphatic rings. The van der Waals surface area contributed by atoms with E-state index in [1.807, 2.05) is 30.3 Å². The lowest BCUT2D eigenvalue weighted by molar-refractivity contribution is 0.395. The van der Waals surface area contributed by atoms with E-state index in [0.29, 0.717) is 5.75 Å². The van der Waals surface area contributed by atoms with Crippen LogP contribution in [-0.4, -0.2) is 19.3 Å². The van der Waals surface area contributed by atoms with E-state index in [-0.39, 0.29) is 6.04 Å². The average molecular weight is 285 g/mol. The zero-order valence-electron chi connectivity index (χ0n) is 12.2. The third-order valence-corrected chi connectivity index (χ3v) is 3.94. The maximum absolute atomic E-state index is 9.56. The summed E-state index contributed by atoms with van der Waals surface area (Å²) in [7, 11) is 3.29. The van der Waals surface area contributed by atoms with Gasteiger partial charge in [-0.15, -0.1) is 0 Å². The molecule has 0 aliphatic heterocycles. The summed E-state index contributed by atoms with van der Waals surface area (Å²) < 4.78 is 10.6. The smallest absolute Gasteiger partial charge is 0.145 e. The third-order valence-electron chi connectivity index (χ3n) is 3.94. The zero-order chi connectivity index (χ0) is 14.8. The molecule has 0 heterocycles. The molecule has 0 aromatic heterocycles. The van der Waals surface area contributed by atoms with Gasteiger partial charge in [-0.2, -0.15) is 0 Å². The number of fused-ring (bicyclic) bond motifs is 1. The van der Waals surface area contributed by atoms with Gasteiger partial charge in [0.15, 0.2) is 0 Å². The number of hydrogen-bond acceptors (Lipinski definition) is 4. The first kappa shape index (κ1) is 13.6. The largest absolute Gasteiger partial charge is 0.508 e. The lowest BCUT2D eigenvalue weighted by Gasteiger charge is -2.18. The van der Waals surface area contributed by atoms with Crippen LogP contribution in [-0.2, 0) is 6.42 Å². The molecule has 2 aromatic carbocycles. The Hall–Kier alpha value is -2.36. The van der Waals surface area contributed by atoms with Gasteiger partial charge in [0.05, 0.1) is 25.9 Å². The van der Waals surface area contributed by atoms with E-state index >= 15 is 0 Å². The summed E-state index contributed by atoms with van der Waals surface area (Å²) in [5.41, 5.74) is 3.40. The first-order valence-corrected chi connectivity index (χ1v) is 7.01. The van der Waals surface area contributed by atoms with E-state index in [2.05, 4.69) is 5.32 Å². The third kappa shape index (κ3) is 2.61. The standard InChI is InChI=1S/C17H19NO3/c1-20-13-5-8-16(17(10-13)21-2)18-15-7-3-11-9-12(19)4-6-14(11)15/h4-6,8-10,15,18-19H,3,7H2,1-2H3. The molecule has 4 heteroatoms. The first-order chi connectivity index (χ1) is 10.2. The zero-order valence-corrected chi connectivity index (χ0v) is 12.2. The quantitative estimate of drug-likeness (QED) is 0.902. The number of ether oxygens (including phenoxy) is 2. The van der Waals surface area contributed by atoms with Crippen molar-refractivity contribution >= 4 is 5.69 Å². The van der Waals surface area contributed by atoms with Gasteiger partial charge in [0, 0.05) is 6.07 Å². The Balaban J connectivity index is 1.86. The van der Waals surface area contributed by atoms with Crippen LogP contribution < -0.4 is 14.8 Å². The maximum Gasteiger partial charge on any atom is 0.145 e. The Labute approximate surface area is 124 Å². The number of aryl methyl sites for hydroxylation is 1. The van der Waals surface area contributed by atoms with Gasteiger partial charge in [0.1, 0.15) is 17.2 Å². The summed E-state index contributed by atoms with van der Waals surface area (Å²) in [6, 6.07) is 11.6. The number of methoxy groups -OCH3 is 2. The van der Waals surface area contributed by atoms with Gasteiger partial charge in [-0.25, -0.2) is 0 Å². The van der Waals surface area contributed by atoms with Crippen LogP contribution in [0.5, 0.6) is 17.2 Å². The summed E-state index contributed by atoms with van der Waals surface area (Å²) in [6.07, 6.45) is 1.98. The number of hydrogen-bond donors (Lipinski definition) is 2. The van der Waals surface area contributed by atoms with Crippen molar-refractivity contribution < 1.29 is 14.6 Å². The van der Waals surface area contributed by atoms with Crippen LogP contribution in [0.15, 0.2) is 36.4 Å². The minimum atomic E-state index is 0.239. The molecule has 0 bridgehead atoms. The average Bonchev–Trinajstić information content (AvgIpc) is 2.89. The molecule has 0 amide bonds. The van der Waals surface area contributed by atoms with Gasteiger partial charge in [-0.3, -0.25) is 0 Å². The van der Waals surface area contributed by atoms with Crippen molar-refractivity contribution in [1.29, 1.82) is 0 Å². The molecule has 0 saturated heterocycles. The fraction of sp³-hybridized carbons (Fsp3) is 0.294. The lowest BCUT2D eigenvalue weighted by Crippen LogP contribution is -2.08. The van der Waals surface area contributed by atoms with Crippen molar-refractivity contribution in [2.24, 2.45) is 0 Å². The van der Waals surface area contributed by atoms with Gasteiger partial charge < -0.3 is 19.9 Å². The topological polar surface area (TPSA) is 50.7 Å². The highest BCUT2D eigenvalue weighted by Crippen LogP contribution is 2.38. The van der Waals surface area contributed by atoms with Crippen molar-refractivity contribution in [1.82, 2.24) is 0 Å². The molecule has 110 valence electrons. The number of rotatable bonds is 4. The van der Waals surface area contributed by atoms with Gasteiger partial charge in [-0.1, -0.05) is 6.07 Å². The molecule has 1 unspecified atom stereocenters. The van der Waals surface area contributed by atoms with Crippen molar-refractivity contribution in [2.45, 2.75) is 18.9 Å². The van der Waals surface area contributed by atoms with E-state index in [1.54, 1.807) is 20.3 Å². The van der Waals surface area contributed by atoms with E-state index in [4.69, 9.17) is 9.47 Å². The van der Waals surface area contributed by atoms with E-state index in [9.17, 15) is 5.11 Å². The molecule has 2 N–H and O–H groups in total. The Kier molecular flexibility index (Phi) is 3.60. The van der Waals surface area contributed by atoms with Gasteiger partial charge in [0.2, 0.25) is 0 Å². The van der Waals surface area contributed by atoms with Crippen molar-refractivity contribution in [2.75, 3.05) is 19.5 Å². The summed E-state index contributed by atoms with van der Waals surface area (Å²) >= 11 is 0. The lowest BCUT2D eigenvalue weighted by atomic mass is 10.1. The second-order valence-electron chi connectivity index (χ2n) is 5.18. The van der Waals surface area contributed by atoms with Crippen molar-refractivity contribution in [3.05, 3.63) is 47.5 Å². The normalized spacial score (nSPS) is 16.4. The van der Waals surface area contributed by atoms with Crippen LogP contribution in [0.25, 0.3) is 0 Å². The Bertz CT molecular complexity index is 654. The molecule has 0 spiro atoms. The molecule has 0 radical (unpaired) electrons.